The first-order valence-electron chi connectivity index (χ1n) is 4.53. The van der Waals surface area contributed by atoms with Crippen molar-refractivity contribution < 1.29 is 22.0 Å². The van der Waals surface area contributed by atoms with Gasteiger partial charge in [0, 0.05) is 5.02 Å². The Morgan fingerprint density at radius 1 is 1.18 bits per heavy atom. The van der Waals surface area contributed by atoms with E-state index >= 15 is 0 Å². The number of alkyl halides is 5. The number of aryl methyl sites for hydroxylation is 1. The molecule has 0 radical (unpaired) electrons. The topological polar surface area (TPSA) is 26.0 Å². The van der Waals surface area contributed by atoms with Gasteiger partial charge in [0.1, 0.15) is 6.04 Å². The monoisotopic (exact) mass is 273 g/mol. The molecule has 1 atom stereocenters. The van der Waals surface area contributed by atoms with E-state index in [1.807, 2.05) is 0 Å². The number of hydrogen-bond acceptors (Lipinski definition) is 1. The first-order chi connectivity index (χ1) is 7.57. The zero-order chi connectivity index (χ0) is 13.4. The molecular weight excluding hydrogens is 265 g/mol. The van der Waals surface area contributed by atoms with Gasteiger partial charge in [-0.2, -0.15) is 22.0 Å². The summed E-state index contributed by atoms with van der Waals surface area (Å²) in [5.41, 5.74) is 4.90. The van der Waals surface area contributed by atoms with E-state index < -0.39 is 18.1 Å². The molecular formula is C10H9ClF5N. The van der Waals surface area contributed by atoms with Gasteiger partial charge in [0.25, 0.3) is 0 Å². The van der Waals surface area contributed by atoms with Crippen molar-refractivity contribution in [3.05, 3.63) is 34.3 Å². The van der Waals surface area contributed by atoms with Gasteiger partial charge in [0.2, 0.25) is 0 Å². The smallest absolute Gasteiger partial charge is 0.319 e. The van der Waals surface area contributed by atoms with Crippen LogP contribution in [0.25, 0.3) is 0 Å². The van der Waals surface area contributed by atoms with Crippen LogP contribution in [-0.2, 0) is 0 Å². The Balaban J connectivity index is 3.17. The third-order valence-corrected chi connectivity index (χ3v) is 2.57. The molecule has 0 heterocycles. The van der Waals surface area contributed by atoms with Gasteiger partial charge in [0.15, 0.2) is 0 Å². The number of halogens is 6. The van der Waals surface area contributed by atoms with Crippen molar-refractivity contribution in [1.29, 1.82) is 0 Å². The van der Waals surface area contributed by atoms with Crippen LogP contribution in [0.3, 0.4) is 0 Å². The van der Waals surface area contributed by atoms with Gasteiger partial charge in [-0.15, -0.1) is 0 Å². The first kappa shape index (κ1) is 14.2. The van der Waals surface area contributed by atoms with Gasteiger partial charge >= 0.3 is 12.1 Å². The highest BCUT2D eigenvalue weighted by molar-refractivity contribution is 6.30. The number of benzene rings is 1. The molecule has 96 valence electrons. The van der Waals surface area contributed by atoms with Crippen LogP contribution in [0.2, 0.25) is 5.02 Å². The minimum Gasteiger partial charge on any atom is -0.319 e. The molecule has 1 aromatic rings. The van der Waals surface area contributed by atoms with Crippen molar-refractivity contribution in [1.82, 2.24) is 0 Å². The SMILES string of the molecule is Cc1cc(Cl)ccc1[C@@H](N)C(F)(F)C(F)(F)F. The van der Waals surface area contributed by atoms with Crippen molar-refractivity contribution in [3.63, 3.8) is 0 Å². The van der Waals surface area contributed by atoms with Crippen LogP contribution in [0.4, 0.5) is 22.0 Å². The summed E-state index contributed by atoms with van der Waals surface area (Å²) in [5, 5.41) is 0.244. The molecule has 0 unspecified atom stereocenters. The third kappa shape index (κ3) is 2.69. The van der Waals surface area contributed by atoms with E-state index in [-0.39, 0.29) is 16.1 Å². The molecule has 0 aliphatic carbocycles. The van der Waals surface area contributed by atoms with Crippen molar-refractivity contribution >= 4 is 11.6 Å². The predicted octanol–water partition coefficient (Wildman–Crippen LogP) is 3.85. The zero-order valence-corrected chi connectivity index (χ0v) is 9.41. The fourth-order valence-corrected chi connectivity index (χ4v) is 1.59. The van der Waals surface area contributed by atoms with Crippen LogP contribution < -0.4 is 5.73 Å². The van der Waals surface area contributed by atoms with Crippen molar-refractivity contribution in [2.75, 3.05) is 0 Å². The van der Waals surface area contributed by atoms with E-state index in [1.54, 1.807) is 0 Å². The van der Waals surface area contributed by atoms with Gasteiger partial charge in [-0.05, 0) is 30.2 Å². The van der Waals surface area contributed by atoms with Crippen LogP contribution in [-0.4, -0.2) is 12.1 Å². The molecule has 0 aliphatic heterocycles. The summed E-state index contributed by atoms with van der Waals surface area (Å²) in [4.78, 5) is 0. The van der Waals surface area contributed by atoms with Gasteiger partial charge in [-0.25, -0.2) is 0 Å². The third-order valence-electron chi connectivity index (χ3n) is 2.34. The van der Waals surface area contributed by atoms with Crippen LogP contribution in [0.1, 0.15) is 17.2 Å². The van der Waals surface area contributed by atoms with Crippen LogP contribution in [0, 0.1) is 6.92 Å². The minimum atomic E-state index is -5.68. The molecule has 0 saturated carbocycles. The number of hydrogen-bond donors (Lipinski definition) is 1. The van der Waals surface area contributed by atoms with Crippen molar-refractivity contribution in [3.8, 4) is 0 Å². The molecule has 0 aliphatic rings. The molecule has 0 amide bonds. The molecule has 0 aromatic heterocycles. The second kappa shape index (κ2) is 4.42. The Bertz CT molecular complexity index is 416. The zero-order valence-electron chi connectivity index (χ0n) is 8.65. The van der Waals surface area contributed by atoms with Crippen molar-refractivity contribution in [2.24, 2.45) is 5.73 Å². The average Bonchev–Trinajstić information content (AvgIpc) is 2.14. The highest BCUT2D eigenvalue weighted by Gasteiger charge is 2.61. The number of rotatable bonds is 2. The fourth-order valence-electron chi connectivity index (χ4n) is 1.36. The summed E-state index contributed by atoms with van der Waals surface area (Å²) in [7, 11) is 0. The lowest BCUT2D eigenvalue weighted by Gasteiger charge is -2.26. The predicted molar refractivity (Wildman–Crippen MR) is 54.1 cm³/mol. The van der Waals surface area contributed by atoms with E-state index in [2.05, 4.69) is 0 Å². The quantitative estimate of drug-likeness (QED) is 0.814. The van der Waals surface area contributed by atoms with E-state index in [9.17, 15) is 22.0 Å². The van der Waals surface area contributed by atoms with Crippen LogP contribution >= 0.6 is 11.6 Å². The lowest BCUT2D eigenvalue weighted by atomic mass is 9.97. The number of nitrogens with two attached hydrogens (primary N) is 1. The van der Waals surface area contributed by atoms with E-state index in [4.69, 9.17) is 17.3 Å². The normalized spacial score (nSPS) is 14.8. The van der Waals surface area contributed by atoms with Gasteiger partial charge in [-0.3, -0.25) is 0 Å². The van der Waals surface area contributed by atoms with Crippen LogP contribution in [0.5, 0.6) is 0 Å². The summed E-state index contributed by atoms with van der Waals surface area (Å²) in [6, 6.07) is 1.13. The van der Waals surface area contributed by atoms with Gasteiger partial charge < -0.3 is 5.73 Å². The largest absolute Gasteiger partial charge is 0.455 e. The summed E-state index contributed by atoms with van der Waals surface area (Å²) >= 11 is 5.58. The Labute approximate surface area is 99.4 Å². The Morgan fingerprint density at radius 3 is 2.12 bits per heavy atom. The van der Waals surface area contributed by atoms with Gasteiger partial charge in [0.05, 0.1) is 0 Å². The maximum atomic E-state index is 13.0. The Hall–Kier alpha value is -0.880. The van der Waals surface area contributed by atoms with Gasteiger partial charge in [-0.1, -0.05) is 17.7 Å². The summed E-state index contributed by atoms with van der Waals surface area (Å²) < 4.78 is 62.4. The van der Waals surface area contributed by atoms with E-state index in [0.29, 0.717) is 0 Å². The second-order valence-corrected chi connectivity index (χ2v) is 4.04. The standard InChI is InChI=1S/C10H9ClF5N/c1-5-4-6(11)2-3-7(5)8(17)9(12,13)10(14,15)16/h2-4,8H,17H2,1H3/t8-/m1/s1. The lowest BCUT2D eigenvalue weighted by molar-refractivity contribution is -0.291. The first-order valence-corrected chi connectivity index (χ1v) is 4.91. The summed E-state index contributed by atoms with van der Waals surface area (Å²) in [6.07, 6.45) is -5.68. The molecule has 0 fully saturated rings. The molecule has 1 aromatic carbocycles. The molecule has 1 nitrogen and oxygen atoms in total. The maximum Gasteiger partial charge on any atom is 0.455 e. The second-order valence-electron chi connectivity index (χ2n) is 3.60. The van der Waals surface area contributed by atoms with Crippen LogP contribution in [0.15, 0.2) is 18.2 Å². The Morgan fingerprint density at radius 2 is 1.71 bits per heavy atom. The molecule has 1 rings (SSSR count). The molecule has 17 heavy (non-hydrogen) atoms. The average molecular weight is 274 g/mol. The minimum absolute atomic E-state index is 0.189. The van der Waals surface area contributed by atoms with E-state index in [0.717, 1.165) is 6.07 Å². The summed E-state index contributed by atoms with van der Waals surface area (Å²) in [5.74, 6) is -4.98. The highest BCUT2D eigenvalue weighted by atomic mass is 35.5. The highest BCUT2D eigenvalue weighted by Crippen LogP contribution is 2.44. The van der Waals surface area contributed by atoms with Crippen molar-refractivity contribution in [2.45, 2.75) is 25.1 Å². The molecule has 0 saturated heterocycles. The maximum absolute atomic E-state index is 13.0. The molecule has 2 N–H and O–H groups in total. The fraction of sp³-hybridized carbons (Fsp3) is 0.400. The molecule has 7 heteroatoms. The lowest BCUT2D eigenvalue weighted by Crippen LogP contribution is -2.46. The molecule has 0 bridgehead atoms. The summed E-state index contributed by atoms with van der Waals surface area (Å²) in [6.45, 7) is 1.37. The Kier molecular flexibility index (Phi) is 3.69. The molecule has 0 spiro atoms. The van der Waals surface area contributed by atoms with E-state index in [1.165, 1.54) is 19.1 Å².